The number of hydrogen-bond acceptors (Lipinski definition) is 4. The average molecular weight is 282 g/mol. The molecule has 0 aliphatic carbocycles. The third-order valence-electron chi connectivity index (χ3n) is 3.16. The molecule has 0 unspecified atom stereocenters. The smallest absolute Gasteiger partial charge is 0.195 e. The molecule has 1 heterocycles. The molecule has 0 aliphatic heterocycles. The van der Waals surface area contributed by atoms with E-state index in [1.807, 2.05) is 0 Å². The van der Waals surface area contributed by atoms with Gasteiger partial charge in [0.05, 0.1) is 23.7 Å². The number of methoxy groups -OCH3 is 1. The highest BCUT2D eigenvalue weighted by atomic mass is 19.1. The van der Waals surface area contributed by atoms with Crippen LogP contribution in [0.2, 0.25) is 0 Å². The molecule has 0 atom stereocenters. The number of para-hydroxylation sites is 1. The predicted octanol–water partition coefficient (Wildman–Crippen LogP) is 3.01. The van der Waals surface area contributed by atoms with Crippen molar-refractivity contribution in [2.75, 3.05) is 7.11 Å². The van der Waals surface area contributed by atoms with Gasteiger partial charge in [0.1, 0.15) is 0 Å². The molecule has 21 heavy (non-hydrogen) atoms. The Morgan fingerprint density at radius 1 is 1.14 bits per heavy atom. The van der Waals surface area contributed by atoms with E-state index >= 15 is 0 Å². The minimum atomic E-state index is -0.574. The Morgan fingerprint density at radius 3 is 2.71 bits per heavy atom. The molecular weight excluding hydrogens is 271 g/mol. The zero-order chi connectivity index (χ0) is 14.8. The molecule has 0 bridgehead atoms. The van der Waals surface area contributed by atoms with Crippen LogP contribution in [0.1, 0.15) is 15.9 Å². The first-order valence-electron chi connectivity index (χ1n) is 6.28. The lowest BCUT2D eigenvalue weighted by Crippen LogP contribution is -2.04. The van der Waals surface area contributed by atoms with Crippen molar-refractivity contribution in [1.29, 1.82) is 0 Å². The number of nitrogens with zero attached hydrogens (tertiary/aromatic N) is 2. The van der Waals surface area contributed by atoms with Gasteiger partial charge in [0.15, 0.2) is 17.3 Å². The van der Waals surface area contributed by atoms with Crippen molar-refractivity contribution in [3.8, 4) is 5.75 Å². The second-order valence-corrected chi connectivity index (χ2v) is 4.41. The fourth-order valence-corrected chi connectivity index (χ4v) is 2.14. The third-order valence-corrected chi connectivity index (χ3v) is 3.16. The summed E-state index contributed by atoms with van der Waals surface area (Å²) in [7, 11) is 1.38. The van der Waals surface area contributed by atoms with Gasteiger partial charge >= 0.3 is 0 Å². The molecule has 0 N–H and O–H groups in total. The van der Waals surface area contributed by atoms with Crippen LogP contribution in [0.3, 0.4) is 0 Å². The van der Waals surface area contributed by atoms with E-state index < -0.39 is 5.82 Å². The number of hydrogen-bond donors (Lipinski definition) is 0. The van der Waals surface area contributed by atoms with Crippen LogP contribution in [0.15, 0.2) is 48.8 Å². The van der Waals surface area contributed by atoms with Crippen molar-refractivity contribution >= 4 is 16.8 Å². The summed E-state index contributed by atoms with van der Waals surface area (Å²) >= 11 is 0. The van der Waals surface area contributed by atoms with E-state index in [1.54, 1.807) is 24.4 Å². The summed E-state index contributed by atoms with van der Waals surface area (Å²) in [6.07, 6.45) is 3.08. The number of fused-ring (bicyclic) bond motifs is 1. The van der Waals surface area contributed by atoms with Crippen LogP contribution in [-0.2, 0) is 0 Å². The highest BCUT2D eigenvalue weighted by Crippen LogP contribution is 2.22. The zero-order valence-electron chi connectivity index (χ0n) is 11.2. The van der Waals surface area contributed by atoms with Gasteiger partial charge in [0.2, 0.25) is 0 Å². The van der Waals surface area contributed by atoms with Gasteiger partial charge in [-0.2, -0.15) is 0 Å². The summed E-state index contributed by atoms with van der Waals surface area (Å²) < 4.78 is 18.6. The molecule has 0 radical (unpaired) electrons. The maximum atomic E-state index is 13.7. The van der Waals surface area contributed by atoms with Crippen LogP contribution < -0.4 is 4.74 Å². The van der Waals surface area contributed by atoms with E-state index in [9.17, 15) is 9.18 Å². The summed E-state index contributed by atoms with van der Waals surface area (Å²) in [5.41, 5.74) is 1.76. The van der Waals surface area contributed by atoms with E-state index in [0.29, 0.717) is 16.6 Å². The first-order chi connectivity index (χ1) is 10.2. The van der Waals surface area contributed by atoms with E-state index in [-0.39, 0.29) is 17.1 Å². The summed E-state index contributed by atoms with van der Waals surface area (Å²) in [6.45, 7) is 0. The lowest BCUT2D eigenvalue weighted by atomic mass is 10.0. The van der Waals surface area contributed by atoms with Crippen molar-refractivity contribution in [3.05, 3.63) is 65.7 Å². The van der Waals surface area contributed by atoms with Crippen LogP contribution >= 0.6 is 0 Å². The summed E-state index contributed by atoms with van der Waals surface area (Å²) in [5.74, 6) is -0.776. The molecule has 0 saturated heterocycles. The maximum Gasteiger partial charge on any atom is 0.195 e. The fraction of sp³-hybridized carbons (Fsp3) is 0.0625. The highest BCUT2D eigenvalue weighted by Gasteiger charge is 2.15. The van der Waals surface area contributed by atoms with Crippen molar-refractivity contribution in [2.45, 2.75) is 0 Å². The van der Waals surface area contributed by atoms with Gasteiger partial charge in [0.25, 0.3) is 0 Å². The lowest BCUT2D eigenvalue weighted by molar-refractivity contribution is 0.103. The molecule has 4 nitrogen and oxygen atoms in total. The Hall–Kier alpha value is -2.82. The van der Waals surface area contributed by atoms with Crippen LogP contribution in [0.25, 0.3) is 11.0 Å². The molecule has 104 valence electrons. The molecule has 0 aliphatic rings. The van der Waals surface area contributed by atoms with E-state index in [0.717, 1.165) is 6.07 Å². The number of rotatable bonds is 3. The number of benzene rings is 2. The Balaban J connectivity index is 2.10. The molecule has 0 spiro atoms. The Labute approximate surface area is 120 Å². The monoisotopic (exact) mass is 282 g/mol. The minimum Gasteiger partial charge on any atom is -0.494 e. The van der Waals surface area contributed by atoms with E-state index in [4.69, 9.17) is 4.74 Å². The Kier molecular flexibility index (Phi) is 3.31. The number of halogens is 1. The number of aromatic nitrogens is 2. The predicted molar refractivity (Wildman–Crippen MR) is 75.9 cm³/mol. The molecule has 3 aromatic rings. The van der Waals surface area contributed by atoms with Crippen LogP contribution in [0.5, 0.6) is 5.75 Å². The van der Waals surface area contributed by atoms with Crippen molar-refractivity contribution < 1.29 is 13.9 Å². The Bertz CT molecular complexity index is 828. The average Bonchev–Trinajstić information content (AvgIpc) is 2.53. The Morgan fingerprint density at radius 2 is 1.95 bits per heavy atom. The third kappa shape index (κ3) is 2.33. The number of ketones is 1. The van der Waals surface area contributed by atoms with Gasteiger partial charge < -0.3 is 4.74 Å². The molecule has 0 saturated carbocycles. The van der Waals surface area contributed by atoms with Crippen LogP contribution in [0.4, 0.5) is 4.39 Å². The van der Waals surface area contributed by atoms with Gasteiger partial charge in [-0.3, -0.25) is 14.8 Å². The minimum absolute atomic E-state index is 0.101. The second-order valence-electron chi connectivity index (χ2n) is 4.41. The van der Waals surface area contributed by atoms with Crippen LogP contribution in [0, 0.1) is 5.82 Å². The van der Waals surface area contributed by atoms with Crippen LogP contribution in [-0.4, -0.2) is 22.9 Å². The summed E-state index contributed by atoms with van der Waals surface area (Å²) in [6, 6.07) is 9.27. The molecule has 0 fully saturated rings. The molecular formula is C16H11FN2O2. The highest BCUT2D eigenvalue weighted by molar-refractivity contribution is 6.15. The molecule has 3 rings (SSSR count). The first-order valence-corrected chi connectivity index (χ1v) is 6.28. The maximum absolute atomic E-state index is 13.7. The van der Waals surface area contributed by atoms with Crippen molar-refractivity contribution in [2.24, 2.45) is 0 Å². The first kappa shape index (κ1) is 13.2. The standard InChI is InChI=1S/C16H11FN2O2/c1-21-14-6-5-10(9-12(14)17)16(20)11-3-2-4-13-15(11)19-8-7-18-13/h2-9H,1H3. The molecule has 1 aromatic heterocycles. The topological polar surface area (TPSA) is 52.1 Å². The normalized spacial score (nSPS) is 10.6. The SMILES string of the molecule is COc1ccc(C(=O)c2cccc3nccnc23)cc1F. The second kappa shape index (κ2) is 5.28. The van der Waals surface area contributed by atoms with E-state index in [1.165, 1.54) is 25.4 Å². The van der Waals surface area contributed by atoms with Gasteiger partial charge in [-0.05, 0) is 30.3 Å². The summed E-state index contributed by atoms with van der Waals surface area (Å²) in [5, 5.41) is 0. The largest absolute Gasteiger partial charge is 0.494 e. The van der Waals surface area contributed by atoms with Crippen molar-refractivity contribution in [3.63, 3.8) is 0 Å². The molecule has 0 amide bonds. The molecule has 2 aromatic carbocycles. The van der Waals surface area contributed by atoms with Gasteiger partial charge in [0, 0.05) is 18.0 Å². The summed E-state index contributed by atoms with van der Waals surface area (Å²) in [4.78, 5) is 20.9. The molecule has 5 heteroatoms. The van der Waals surface area contributed by atoms with Gasteiger partial charge in [-0.25, -0.2) is 4.39 Å². The number of ether oxygens (including phenoxy) is 1. The zero-order valence-corrected chi connectivity index (χ0v) is 11.2. The lowest BCUT2D eigenvalue weighted by Gasteiger charge is -2.06. The van der Waals surface area contributed by atoms with Gasteiger partial charge in [-0.1, -0.05) is 6.07 Å². The number of carbonyl (C=O) groups is 1. The van der Waals surface area contributed by atoms with Crippen molar-refractivity contribution in [1.82, 2.24) is 9.97 Å². The van der Waals surface area contributed by atoms with Gasteiger partial charge in [-0.15, -0.1) is 0 Å². The number of carbonyl (C=O) groups excluding carboxylic acids is 1. The quantitative estimate of drug-likeness (QED) is 0.693. The van der Waals surface area contributed by atoms with E-state index in [2.05, 4.69) is 9.97 Å². The fourth-order valence-electron chi connectivity index (χ4n) is 2.14.